The largest absolute Gasteiger partial charge is 0.397 e. The molecule has 0 saturated carbocycles. The molecular formula is C40H30BN3O6S. The predicted molar refractivity (Wildman–Crippen MR) is 204 cm³/mol. The summed E-state index contributed by atoms with van der Waals surface area (Å²) in [5.41, 5.74) is 5.93. The van der Waals surface area contributed by atoms with Crippen molar-refractivity contribution in [3.8, 4) is 0 Å². The van der Waals surface area contributed by atoms with E-state index < -0.39 is 11.9 Å². The van der Waals surface area contributed by atoms with Gasteiger partial charge in [-0.15, -0.1) is 11.3 Å². The number of aryl methyl sites for hydroxylation is 1. The van der Waals surface area contributed by atoms with Gasteiger partial charge in [-0.1, -0.05) is 58.8 Å². The fourth-order valence-corrected chi connectivity index (χ4v) is 6.70. The average molecular weight is 692 g/mol. The van der Waals surface area contributed by atoms with E-state index in [1.165, 1.54) is 20.1 Å². The third-order valence-electron chi connectivity index (χ3n) is 8.17. The molecule has 0 unspecified atom stereocenters. The molecular weight excluding hydrogens is 661 g/mol. The lowest BCUT2D eigenvalue weighted by Gasteiger charge is -2.05. The molecule has 51 heavy (non-hydrogen) atoms. The van der Waals surface area contributed by atoms with Crippen LogP contribution in [-0.2, 0) is 19.3 Å². The summed E-state index contributed by atoms with van der Waals surface area (Å²) in [6.45, 7) is 6.27. The minimum absolute atomic E-state index is 0.00193. The van der Waals surface area contributed by atoms with E-state index in [4.69, 9.17) is 12.8 Å². The molecule has 5 aromatic carbocycles. The monoisotopic (exact) mass is 691 g/mol. The molecule has 0 aliphatic carbocycles. The van der Waals surface area contributed by atoms with Crippen molar-refractivity contribution in [2.75, 3.05) is 0 Å². The maximum absolute atomic E-state index is 13.1. The second kappa shape index (κ2) is 14.7. The summed E-state index contributed by atoms with van der Waals surface area (Å²) in [6.07, 6.45) is 1.42. The molecule has 0 N–H and O–H groups in total. The molecule has 2 heterocycles. The number of carbonyl (C=O) groups is 3. The van der Waals surface area contributed by atoms with Gasteiger partial charge < -0.3 is 14.2 Å². The second-order valence-corrected chi connectivity index (χ2v) is 12.8. The first kappa shape index (κ1) is 34.7. The molecule has 11 heteroatoms. The molecule has 0 atom stereocenters. The Bertz CT molecular complexity index is 2640. The molecule has 0 fully saturated rings. The molecule has 2 aromatic heterocycles. The van der Waals surface area contributed by atoms with E-state index in [0.29, 0.717) is 33.2 Å². The van der Waals surface area contributed by atoms with Crippen molar-refractivity contribution in [3.05, 3.63) is 141 Å². The van der Waals surface area contributed by atoms with Crippen LogP contribution in [0.5, 0.6) is 0 Å². The van der Waals surface area contributed by atoms with Crippen molar-refractivity contribution in [3.63, 3.8) is 0 Å². The third kappa shape index (κ3) is 7.39. The number of fused-ring (bicyclic) bond motifs is 5. The normalized spacial score (nSPS) is 11.6. The first-order valence-corrected chi connectivity index (χ1v) is 16.7. The van der Waals surface area contributed by atoms with Crippen molar-refractivity contribution in [1.29, 1.82) is 0 Å². The van der Waals surface area contributed by atoms with Crippen LogP contribution in [0.2, 0.25) is 0 Å². The quantitative estimate of drug-likeness (QED) is 0.0438. The fraction of sp³-hybridized carbons (Fsp3) is 0.100. The summed E-state index contributed by atoms with van der Waals surface area (Å²) in [5.74, 6) is -0.991. The van der Waals surface area contributed by atoms with Crippen LogP contribution in [0.15, 0.2) is 118 Å². The minimum Gasteiger partial charge on any atom is -0.397 e. The fourth-order valence-electron chi connectivity index (χ4n) is 5.65. The maximum atomic E-state index is 13.1. The van der Waals surface area contributed by atoms with E-state index in [9.17, 15) is 19.2 Å². The Morgan fingerprint density at radius 1 is 0.706 bits per heavy atom. The van der Waals surface area contributed by atoms with Crippen molar-refractivity contribution in [1.82, 2.24) is 4.48 Å². The highest BCUT2D eigenvalue weighted by Crippen LogP contribution is 2.31. The number of benzene rings is 5. The number of carbonyl (C=O) groups excluding carboxylic acids is 3. The molecule has 0 bridgehead atoms. The lowest BCUT2D eigenvalue weighted by atomic mass is 9.97. The third-order valence-corrected chi connectivity index (χ3v) is 9.32. The zero-order valence-electron chi connectivity index (χ0n) is 28.2. The SMILES string of the molecule is CC(=O)O/N=C/c1ccc2sc3ccccc3c(=O)c2c1.[B]n1c2ccc(C(=O)c3ccccc3C)cc2c2cc(/C(C)=N/OC(C)=O)ccc21. The predicted octanol–water partition coefficient (Wildman–Crippen LogP) is 7.86. The number of hydrogen-bond acceptors (Lipinski definition) is 9. The van der Waals surface area contributed by atoms with Gasteiger partial charge in [0.25, 0.3) is 0 Å². The minimum atomic E-state index is -0.482. The van der Waals surface area contributed by atoms with Crippen LogP contribution in [0.3, 0.4) is 0 Å². The molecule has 0 aliphatic rings. The molecule has 0 aliphatic heterocycles. The van der Waals surface area contributed by atoms with Gasteiger partial charge in [0.1, 0.15) is 0 Å². The molecule has 0 amide bonds. The summed E-state index contributed by atoms with van der Waals surface area (Å²) in [7, 11) is 6.29. The summed E-state index contributed by atoms with van der Waals surface area (Å²) < 4.78 is 3.49. The van der Waals surface area contributed by atoms with Crippen LogP contribution in [0.4, 0.5) is 0 Å². The summed E-state index contributed by atoms with van der Waals surface area (Å²) in [5, 5.41) is 10.5. The van der Waals surface area contributed by atoms with Crippen LogP contribution >= 0.6 is 11.3 Å². The zero-order chi connectivity index (χ0) is 36.2. The molecule has 0 saturated heterocycles. The topological polar surface area (TPSA) is 116 Å². The van der Waals surface area contributed by atoms with E-state index in [-0.39, 0.29) is 11.2 Å². The van der Waals surface area contributed by atoms with Crippen LogP contribution in [0.25, 0.3) is 42.0 Å². The van der Waals surface area contributed by atoms with Gasteiger partial charge in [-0.2, -0.15) is 0 Å². The standard InChI is InChI=1S/C24H19BN2O3.C16H11NO3S/c1-14-6-4-5-7-19(14)24(29)18-9-11-23-21(13-18)20-12-17(8-10-22(20)27(23)25)15(2)26-30-16(3)28;1-10(18)20-17-9-11-6-7-15-13(8-11)16(19)12-4-2-3-5-14(12)21-15/h4-13H,1-3H3;2-9H,1H3/b26-15+;17-9+. The Kier molecular flexibility index (Phi) is 10.0. The molecule has 7 rings (SSSR count). The van der Waals surface area contributed by atoms with E-state index in [0.717, 1.165) is 42.3 Å². The summed E-state index contributed by atoms with van der Waals surface area (Å²) >= 11 is 1.57. The molecule has 2 radical (unpaired) electrons. The highest BCUT2D eigenvalue weighted by Gasteiger charge is 2.16. The lowest BCUT2D eigenvalue weighted by Crippen LogP contribution is -2.03. The Balaban J connectivity index is 0.000000187. The van der Waals surface area contributed by atoms with Crippen LogP contribution in [0.1, 0.15) is 53.4 Å². The number of nitrogens with zero attached hydrogens (tertiary/aromatic N) is 3. The van der Waals surface area contributed by atoms with Gasteiger partial charge in [0.05, 0.1) is 11.9 Å². The second-order valence-electron chi connectivity index (χ2n) is 11.7. The molecule has 0 spiro atoms. The van der Waals surface area contributed by atoms with Gasteiger partial charge in [-0.25, -0.2) is 9.59 Å². The van der Waals surface area contributed by atoms with Gasteiger partial charge in [0.15, 0.2) is 11.2 Å². The number of hydrogen-bond donors (Lipinski definition) is 0. The van der Waals surface area contributed by atoms with Crippen LogP contribution < -0.4 is 5.43 Å². The van der Waals surface area contributed by atoms with Crippen LogP contribution in [-0.4, -0.2) is 42.1 Å². The van der Waals surface area contributed by atoms with Crippen molar-refractivity contribution >= 4 is 90.9 Å². The Hall–Kier alpha value is -6.20. The summed E-state index contributed by atoms with van der Waals surface area (Å²) in [6, 6.07) is 31.8. The van der Waals surface area contributed by atoms with Gasteiger partial charge in [0.2, 0.25) is 7.98 Å². The number of rotatable bonds is 6. The maximum Gasteiger partial charge on any atom is 0.331 e. The molecule has 9 nitrogen and oxygen atoms in total. The van der Waals surface area contributed by atoms with Gasteiger partial charge >= 0.3 is 11.9 Å². The van der Waals surface area contributed by atoms with Crippen molar-refractivity contribution < 1.29 is 24.1 Å². The van der Waals surface area contributed by atoms with Gasteiger partial charge in [-0.3, -0.25) is 9.59 Å². The van der Waals surface area contributed by atoms with Crippen LogP contribution in [0, 0.1) is 6.92 Å². The Morgan fingerprint density at radius 2 is 1.33 bits per heavy atom. The number of oxime groups is 2. The average Bonchev–Trinajstić information content (AvgIpc) is 3.41. The first-order valence-electron chi connectivity index (χ1n) is 15.8. The van der Waals surface area contributed by atoms with Gasteiger partial charge in [0, 0.05) is 67.0 Å². The Labute approximate surface area is 297 Å². The number of ketones is 1. The lowest BCUT2D eigenvalue weighted by molar-refractivity contribution is -0.141. The Morgan fingerprint density at radius 3 is 2.04 bits per heavy atom. The van der Waals surface area contributed by atoms with Gasteiger partial charge in [-0.05, 0) is 85.1 Å². The van der Waals surface area contributed by atoms with Crippen molar-refractivity contribution in [2.24, 2.45) is 10.3 Å². The number of aromatic nitrogens is 1. The first-order chi connectivity index (χ1) is 24.5. The molecule has 7 aromatic rings. The summed E-state index contributed by atoms with van der Waals surface area (Å²) in [4.78, 5) is 56.5. The van der Waals surface area contributed by atoms with E-state index >= 15 is 0 Å². The van der Waals surface area contributed by atoms with Crippen molar-refractivity contribution in [2.45, 2.75) is 27.7 Å². The highest BCUT2D eigenvalue weighted by molar-refractivity contribution is 7.24. The molecule has 250 valence electrons. The van der Waals surface area contributed by atoms with E-state index in [1.807, 2.05) is 97.9 Å². The van der Waals surface area contributed by atoms with E-state index in [1.54, 1.807) is 34.9 Å². The smallest absolute Gasteiger partial charge is 0.331 e. The zero-order valence-corrected chi connectivity index (χ0v) is 29.0. The van der Waals surface area contributed by atoms with E-state index in [2.05, 4.69) is 15.1 Å². The highest BCUT2D eigenvalue weighted by atomic mass is 32.1.